The largest absolute Gasteiger partial charge is 0.313 e. The first kappa shape index (κ1) is 7.98. The Kier molecular flexibility index (Phi) is 1.99. The third-order valence-electron chi connectivity index (χ3n) is 2.05. The number of rotatable bonds is 0. The Labute approximate surface area is 62.2 Å². The second kappa shape index (κ2) is 2.49. The molecule has 3 heteroatoms. The molecule has 0 bridgehead atoms. The van der Waals surface area contributed by atoms with Gasteiger partial charge in [-0.1, -0.05) is 0 Å². The Bertz CT molecular complexity index is 125. The van der Waals surface area contributed by atoms with E-state index >= 15 is 0 Å². The van der Waals surface area contributed by atoms with Crippen LogP contribution in [0.3, 0.4) is 0 Å². The van der Waals surface area contributed by atoms with Crippen LogP contribution in [0.2, 0.25) is 0 Å². The Hall–Kier alpha value is -0.120. The molecule has 0 amide bonds. The molecule has 1 fully saturated rings. The summed E-state index contributed by atoms with van der Waals surface area (Å²) in [6.07, 6.45) is 0. The maximum atomic E-state index is 9.36. The smallest absolute Gasteiger partial charge is 0.0531 e. The van der Waals surface area contributed by atoms with Crippen molar-refractivity contribution in [3.63, 3.8) is 0 Å². The minimum atomic E-state index is -0.0764. The normalized spacial score (nSPS) is 28.8. The zero-order chi connectivity index (χ0) is 7.78. The minimum absolute atomic E-state index is 0.0764. The lowest BCUT2D eigenvalue weighted by atomic mass is 10.0. The first-order chi connectivity index (χ1) is 4.52. The lowest BCUT2D eigenvalue weighted by Crippen LogP contribution is -2.56. The van der Waals surface area contributed by atoms with Crippen molar-refractivity contribution in [3.8, 4) is 0 Å². The van der Waals surface area contributed by atoms with Crippen LogP contribution in [0.5, 0.6) is 0 Å². The van der Waals surface area contributed by atoms with Gasteiger partial charge < -0.3 is 10.1 Å². The third-order valence-corrected chi connectivity index (χ3v) is 2.05. The maximum Gasteiger partial charge on any atom is 0.0531 e. The van der Waals surface area contributed by atoms with Gasteiger partial charge in [0, 0.05) is 19.6 Å². The fourth-order valence-electron chi connectivity index (χ4n) is 1.39. The summed E-state index contributed by atoms with van der Waals surface area (Å²) in [5.41, 5.74) is -0.0764. The van der Waals surface area contributed by atoms with Crippen LogP contribution in [0.15, 0.2) is 0 Å². The number of piperazine rings is 1. The second-order valence-electron chi connectivity index (χ2n) is 3.67. The Balaban J connectivity index is 2.55. The molecule has 0 radical (unpaired) electrons. The summed E-state index contributed by atoms with van der Waals surface area (Å²) < 4.78 is 0. The Morgan fingerprint density at radius 2 is 1.90 bits per heavy atom. The van der Waals surface area contributed by atoms with Crippen LogP contribution in [0, 0.1) is 0 Å². The van der Waals surface area contributed by atoms with E-state index < -0.39 is 0 Å². The van der Waals surface area contributed by atoms with Crippen LogP contribution in [0.1, 0.15) is 13.8 Å². The van der Waals surface area contributed by atoms with E-state index in [0.29, 0.717) is 0 Å². The molecule has 0 atom stereocenters. The highest BCUT2D eigenvalue weighted by Crippen LogP contribution is 2.16. The quantitative estimate of drug-likeness (QED) is 0.533. The Morgan fingerprint density at radius 1 is 1.30 bits per heavy atom. The number of hydroxylamine groups is 2. The van der Waals surface area contributed by atoms with Gasteiger partial charge in [0.05, 0.1) is 5.54 Å². The molecule has 0 unspecified atom stereocenters. The molecule has 1 aliphatic heterocycles. The zero-order valence-electron chi connectivity index (χ0n) is 6.96. The van der Waals surface area contributed by atoms with Crippen molar-refractivity contribution in [2.24, 2.45) is 0 Å². The molecule has 10 heavy (non-hydrogen) atoms. The molecule has 1 N–H and O–H groups in total. The van der Waals surface area contributed by atoms with E-state index in [1.54, 1.807) is 0 Å². The van der Waals surface area contributed by atoms with Crippen molar-refractivity contribution in [1.29, 1.82) is 0 Å². The minimum Gasteiger partial charge on any atom is -0.313 e. The zero-order valence-corrected chi connectivity index (χ0v) is 6.96. The molecular weight excluding hydrogens is 128 g/mol. The van der Waals surface area contributed by atoms with Gasteiger partial charge in [-0.15, -0.1) is 0 Å². The van der Waals surface area contributed by atoms with Gasteiger partial charge in [0.1, 0.15) is 0 Å². The molecule has 1 aliphatic rings. The standard InChI is InChI=1S/C7H16N2O/c1-7(2)6-8(3)4-5-9(7)10/h10H,4-6H2,1-3H3. The van der Waals surface area contributed by atoms with Gasteiger partial charge >= 0.3 is 0 Å². The Morgan fingerprint density at radius 3 is 2.30 bits per heavy atom. The van der Waals surface area contributed by atoms with Crippen LogP contribution in [-0.4, -0.2) is 47.4 Å². The highest BCUT2D eigenvalue weighted by molar-refractivity contribution is 4.84. The fraction of sp³-hybridized carbons (Fsp3) is 1.00. The summed E-state index contributed by atoms with van der Waals surface area (Å²) in [6.45, 7) is 6.73. The lowest BCUT2D eigenvalue weighted by Gasteiger charge is -2.42. The number of likely N-dealkylation sites (N-methyl/N-ethyl adjacent to an activating group) is 1. The SMILES string of the molecule is CN1CCN(O)C(C)(C)C1. The summed E-state index contributed by atoms with van der Waals surface area (Å²) in [7, 11) is 2.08. The van der Waals surface area contributed by atoms with E-state index in [0.717, 1.165) is 19.6 Å². The van der Waals surface area contributed by atoms with E-state index in [1.807, 2.05) is 13.8 Å². The molecular formula is C7H16N2O. The number of hydrogen-bond acceptors (Lipinski definition) is 3. The summed E-state index contributed by atoms with van der Waals surface area (Å²) in [5, 5.41) is 10.8. The van der Waals surface area contributed by atoms with Crippen LogP contribution >= 0.6 is 0 Å². The monoisotopic (exact) mass is 144 g/mol. The van der Waals surface area contributed by atoms with Crippen molar-refractivity contribution in [3.05, 3.63) is 0 Å². The fourth-order valence-corrected chi connectivity index (χ4v) is 1.39. The van der Waals surface area contributed by atoms with Gasteiger partial charge in [-0.3, -0.25) is 0 Å². The predicted octanol–water partition coefficient (Wildman–Crippen LogP) is 0.402. The van der Waals surface area contributed by atoms with Crippen LogP contribution in [-0.2, 0) is 0 Å². The lowest BCUT2D eigenvalue weighted by molar-refractivity contribution is -0.188. The van der Waals surface area contributed by atoms with Crippen molar-refractivity contribution in [2.75, 3.05) is 26.7 Å². The van der Waals surface area contributed by atoms with Crippen LogP contribution < -0.4 is 0 Å². The van der Waals surface area contributed by atoms with E-state index in [4.69, 9.17) is 0 Å². The van der Waals surface area contributed by atoms with Crippen LogP contribution in [0.25, 0.3) is 0 Å². The molecule has 0 aromatic carbocycles. The van der Waals surface area contributed by atoms with Crippen molar-refractivity contribution >= 4 is 0 Å². The average molecular weight is 144 g/mol. The molecule has 0 aromatic rings. The highest BCUT2D eigenvalue weighted by atomic mass is 16.5. The van der Waals surface area contributed by atoms with Gasteiger partial charge in [-0.2, -0.15) is 5.06 Å². The molecule has 1 saturated heterocycles. The van der Waals surface area contributed by atoms with Gasteiger partial charge in [-0.25, -0.2) is 0 Å². The molecule has 0 aliphatic carbocycles. The second-order valence-corrected chi connectivity index (χ2v) is 3.67. The van der Waals surface area contributed by atoms with Crippen LogP contribution in [0.4, 0.5) is 0 Å². The van der Waals surface area contributed by atoms with Crippen molar-refractivity contribution in [2.45, 2.75) is 19.4 Å². The molecule has 0 spiro atoms. The first-order valence-electron chi connectivity index (χ1n) is 3.67. The molecule has 1 heterocycles. The van der Waals surface area contributed by atoms with E-state index in [1.165, 1.54) is 5.06 Å². The number of hydrogen-bond donors (Lipinski definition) is 1. The summed E-state index contributed by atoms with van der Waals surface area (Å²) in [4.78, 5) is 2.23. The highest BCUT2D eigenvalue weighted by Gasteiger charge is 2.30. The average Bonchev–Trinajstić information content (AvgIpc) is 1.78. The topological polar surface area (TPSA) is 26.7 Å². The number of nitrogens with zero attached hydrogens (tertiary/aromatic N) is 2. The summed E-state index contributed by atoms with van der Waals surface area (Å²) in [5.74, 6) is 0. The van der Waals surface area contributed by atoms with Crippen molar-refractivity contribution in [1.82, 2.24) is 9.96 Å². The van der Waals surface area contributed by atoms with Gasteiger partial charge in [0.2, 0.25) is 0 Å². The third kappa shape index (κ3) is 1.48. The molecule has 1 rings (SSSR count). The maximum absolute atomic E-state index is 9.36. The molecule has 0 aromatic heterocycles. The molecule has 0 saturated carbocycles. The first-order valence-corrected chi connectivity index (χ1v) is 3.67. The summed E-state index contributed by atoms with van der Waals surface area (Å²) >= 11 is 0. The summed E-state index contributed by atoms with van der Waals surface area (Å²) in [6, 6.07) is 0. The van der Waals surface area contributed by atoms with E-state index in [9.17, 15) is 5.21 Å². The van der Waals surface area contributed by atoms with Gasteiger partial charge in [0.15, 0.2) is 0 Å². The van der Waals surface area contributed by atoms with E-state index in [2.05, 4.69) is 11.9 Å². The van der Waals surface area contributed by atoms with Crippen molar-refractivity contribution < 1.29 is 5.21 Å². The van der Waals surface area contributed by atoms with Gasteiger partial charge in [-0.05, 0) is 20.9 Å². The van der Waals surface area contributed by atoms with E-state index in [-0.39, 0.29) is 5.54 Å². The predicted molar refractivity (Wildman–Crippen MR) is 40.1 cm³/mol. The molecule has 60 valence electrons. The molecule has 3 nitrogen and oxygen atoms in total. The van der Waals surface area contributed by atoms with Gasteiger partial charge in [0.25, 0.3) is 0 Å².